The summed E-state index contributed by atoms with van der Waals surface area (Å²) in [5.41, 5.74) is -3.88. The Morgan fingerprint density at radius 3 is 1.91 bits per heavy atom. The number of aliphatic hydroxyl groups excluding tert-OH is 2. The van der Waals surface area contributed by atoms with Gasteiger partial charge in [0, 0.05) is 11.1 Å². The number of carbonyl (C=O) groups is 3. The van der Waals surface area contributed by atoms with Gasteiger partial charge in [0.1, 0.15) is 24.4 Å². The second kappa shape index (κ2) is 11.0. The first-order valence-corrected chi connectivity index (χ1v) is 12.5. The summed E-state index contributed by atoms with van der Waals surface area (Å²) in [5, 5.41) is 113. The Bertz CT molecular complexity index is 1730. The number of hydrogen-bond acceptors (Lipinski definition) is 18. The van der Waals surface area contributed by atoms with Gasteiger partial charge in [0.2, 0.25) is 17.8 Å². The van der Waals surface area contributed by atoms with Crippen LogP contribution in [-0.2, 0) is 18.9 Å². The van der Waals surface area contributed by atoms with Gasteiger partial charge in [0.05, 0.1) is 11.1 Å². The van der Waals surface area contributed by atoms with E-state index >= 15 is 0 Å². The molecule has 0 aliphatic carbocycles. The number of aromatic hydroxyl groups is 9. The third kappa shape index (κ3) is 5.07. The zero-order chi connectivity index (χ0) is 33.1. The highest BCUT2D eigenvalue weighted by Gasteiger charge is 2.50. The topological polar surface area (TPSA) is 311 Å². The van der Waals surface area contributed by atoms with E-state index in [1.165, 1.54) is 0 Å². The van der Waals surface area contributed by atoms with Crippen molar-refractivity contribution >= 4 is 17.9 Å². The minimum absolute atomic E-state index is 0.566. The van der Waals surface area contributed by atoms with Gasteiger partial charge in [-0.3, -0.25) is 0 Å². The highest BCUT2D eigenvalue weighted by Crippen LogP contribution is 2.52. The van der Waals surface area contributed by atoms with E-state index in [4.69, 9.17) is 18.9 Å². The van der Waals surface area contributed by atoms with Crippen LogP contribution in [0.5, 0.6) is 51.7 Å². The summed E-state index contributed by atoms with van der Waals surface area (Å²) in [6.07, 6.45) is -10.2. The maximum atomic E-state index is 13.2. The lowest BCUT2D eigenvalue weighted by molar-refractivity contribution is -0.284. The second-order valence-electron chi connectivity index (χ2n) is 9.79. The molecule has 2 aliphatic rings. The number of esters is 3. The van der Waals surface area contributed by atoms with Gasteiger partial charge in [-0.05, 0) is 24.3 Å². The second-order valence-corrected chi connectivity index (χ2v) is 9.79. The molecule has 3 aromatic rings. The van der Waals surface area contributed by atoms with E-state index in [-0.39, 0.29) is 0 Å². The van der Waals surface area contributed by atoms with Crippen LogP contribution in [-0.4, -0.2) is 111 Å². The molecule has 4 bridgehead atoms. The Morgan fingerprint density at radius 2 is 1.27 bits per heavy atom. The number of benzene rings is 3. The van der Waals surface area contributed by atoms with Gasteiger partial charge in [-0.1, -0.05) is 0 Å². The van der Waals surface area contributed by atoms with E-state index in [0.29, 0.717) is 24.3 Å². The van der Waals surface area contributed by atoms with E-state index in [2.05, 4.69) is 0 Å². The fourth-order valence-electron chi connectivity index (χ4n) is 4.67. The zero-order valence-electron chi connectivity index (χ0n) is 22.2. The maximum absolute atomic E-state index is 13.2. The van der Waals surface area contributed by atoms with Crippen molar-refractivity contribution in [3.05, 3.63) is 41.0 Å². The van der Waals surface area contributed by atoms with Crippen LogP contribution in [0.1, 0.15) is 31.1 Å². The van der Waals surface area contributed by atoms with Crippen LogP contribution in [0.15, 0.2) is 24.3 Å². The van der Waals surface area contributed by atoms with Gasteiger partial charge in [-0.2, -0.15) is 0 Å². The molecule has 1 fully saturated rings. The van der Waals surface area contributed by atoms with Crippen molar-refractivity contribution < 1.29 is 89.5 Å². The Hall–Kier alpha value is -5.85. The summed E-state index contributed by atoms with van der Waals surface area (Å²) in [6, 6.07) is 2.56. The van der Waals surface area contributed by atoms with Gasteiger partial charge >= 0.3 is 17.9 Å². The van der Waals surface area contributed by atoms with Crippen molar-refractivity contribution in [3.8, 4) is 62.9 Å². The minimum Gasteiger partial charge on any atom is -0.504 e. The molecule has 0 amide bonds. The number of carbonyl (C=O) groups excluding carboxylic acids is 3. The van der Waals surface area contributed by atoms with Crippen LogP contribution < -0.4 is 0 Å². The summed E-state index contributed by atoms with van der Waals surface area (Å²) in [7, 11) is 0. The third-order valence-electron chi connectivity index (χ3n) is 7.00. The molecule has 18 nitrogen and oxygen atoms in total. The normalized spacial score (nSPS) is 22.9. The van der Waals surface area contributed by atoms with E-state index < -0.39 is 135 Å². The van der Waals surface area contributed by atoms with Crippen molar-refractivity contribution in [2.75, 3.05) is 6.61 Å². The van der Waals surface area contributed by atoms with Crippen molar-refractivity contribution in [2.45, 2.75) is 30.7 Å². The summed E-state index contributed by atoms with van der Waals surface area (Å²) in [5.74, 6) is -14.6. The lowest BCUT2D eigenvalue weighted by atomic mass is 9.94. The fraction of sp³-hybridized carbons (Fsp3) is 0.222. The first-order chi connectivity index (χ1) is 21.1. The molecule has 18 heteroatoms. The molecule has 2 heterocycles. The SMILES string of the molecule is O=C(O[C@H]1O[C@@H]2COC(=O)c3cc(O)c(O)c(O)c3-c3cc(c(O)c(O)c3O)C(=O)O[C@H]([C@H]1O)[C@@H]2O)c1cc(O)c(O)c(O)c1. The van der Waals surface area contributed by atoms with Crippen LogP contribution in [0.2, 0.25) is 0 Å². The van der Waals surface area contributed by atoms with Gasteiger partial charge in [-0.25, -0.2) is 14.4 Å². The molecule has 0 unspecified atom stereocenters. The summed E-state index contributed by atoms with van der Waals surface area (Å²) in [6.45, 7) is -0.961. The molecule has 0 aromatic heterocycles. The van der Waals surface area contributed by atoms with E-state index in [0.717, 1.165) is 0 Å². The Morgan fingerprint density at radius 1 is 0.667 bits per heavy atom. The molecule has 0 spiro atoms. The lowest BCUT2D eigenvalue weighted by Gasteiger charge is -2.41. The number of cyclic esters (lactones) is 1. The van der Waals surface area contributed by atoms with Crippen LogP contribution in [0, 0.1) is 0 Å². The molecule has 1 saturated heterocycles. The first-order valence-electron chi connectivity index (χ1n) is 12.5. The average Bonchev–Trinajstić information content (AvgIpc) is 3.00. The standard InChI is InChI=1S/C27H22O18/c28-10-1-6(2-11(29)17(10)33)24(39)45-27-22(38)23-19(35)13(43-27)5-42-25(40)8-4-12(30)18(34)20(36)14(8)7-3-9(26(41)44-23)16(32)21(37)15(7)31/h1-4,13,19,22-23,27-38H,5H2/t13-,19-,22-,23+,27-/m1/s1. The average molecular weight is 634 g/mol. The number of phenolic OH excluding ortho intramolecular Hbond substituents is 9. The van der Waals surface area contributed by atoms with Crippen LogP contribution in [0.4, 0.5) is 0 Å². The van der Waals surface area contributed by atoms with Crippen LogP contribution in [0.25, 0.3) is 11.1 Å². The molecule has 238 valence electrons. The number of fused-ring (bicyclic) bond motifs is 6. The monoisotopic (exact) mass is 634 g/mol. The van der Waals surface area contributed by atoms with Crippen molar-refractivity contribution in [1.82, 2.24) is 0 Å². The smallest absolute Gasteiger partial charge is 0.342 e. The quantitative estimate of drug-likeness (QED) is 0.0979. The maximum Gasteiger partial charge on any atom is 0.342 e. The summed E-state index contributed by atoms with van der Waals surface area (Å²) < 4.78 is 20.7. The van der Waals surface area contributed by atoms with Gasteiger partial charge in [0.15, 0.2) is 52.5 Å². The van der Waals surface area contributed by atoms with Crippen molar-refractivity contribution in [1.29, 1.82) is 0 Å². The van der Waals surface area contributed by atoms with Gasteiger partial charge in [-0.15, -0.1) is 0 Å². The van der Waals surface area contributed by atoms with E-state index in [9.17, 15) is 70.6 Å². The van der Waals surface area contributed by atoms with Crippen LogP contribution in [0.3, 0.4) is 0 Å². The minimum atomic E-state index is -2.22. The highest BCUT2D eigenvalue weighted by molar-refractivity contribution is 6.04. The Balaban J connectivity index is 1.60. The number of hydrogen-bond donors (Lipinski definition) is 11. The van der Waals surface area contributed by atoms with Crippen molar-refractivity contribution in [3.63, 3.8) is 0 Å². The van der Waals surface area contributed by atoms with Crippen LogP contribution >= 0.6 is 0 Å². The Labute approximate surface area is 248 Å². The predicted molar refractivity (Wildman–Crippen MR) is 139 cm³/mol. The largest absolute Gasteiger partial charge is 0.504 e. The highest BCUT2D eigenvalue weighted by atomic mass is 16.7. The Kier molecular flexibility index (Phi) is 7.49. The lowest BCUT2D eigenvalue weighted by Crippen LogP contribution is -2.61. The van der Waals surface area contributed by atoms with Gasteiger partial charge in [0.25, 0.3) is 0 Å². The molecule has 0 saturated carbocycles. The fourth-order valence-corrected chi connectivity index (χ4v) is 4.67. The summed E-state index contributed by atoms with van der Waals surface area (Å²) in [4.78, 5) is 39.1. The molecule has 45 heavy (non-hydrogen) atoms. The molecule has 5 rings (SSSR count). The van der Waals surface area contributed by atoms with E-state index in [1.54, 1.807) is 0 Å². The van der Waals surface area contributed by atoms with E-state index in [1.807, 2.05) is 0 Å². The molecular formula is C27H22O18. The molecule has 2 aliphatic heterocycles. The zero-order valence-corrected chi connectivity index (χ0v) is 22.2. The third-order valence-corrected chi connectivity index (χ3v) is 7.00. The predicted octanol–water partition coefficient (Wildman–Crippen LogP) is -0.297. The number of phenols is 9. The molecule has 11 N–H and O–H groups in total. The first kappa shape index (κ1) is 30.6. The molecular weight excluding hydrogens is 612 g/mol. The van der Waals surface area contributed by atoms with Crippen molar-refractivity contribution in [2.24, 2.45) is 0 Å². The number of aliphatic hydroxyl groups is 2. The number of ether oxygens (including phenoxy) is 4. The molecule has 0 radical (unpaired) electrons. The molecule has 3 aromatic carbocycles. The number of rotatable bonds is 2. The van der Waals surface area contributed by atoms with Gasteiger partial charge < -0.3 is 75.1 Å². The molecule has 5 atom stereocenters. The summed E-state index contributed by atoms with van der Waals surface area (Å²) >= 11 is 0.